The zero-order valence-electron chi connectivity index (χ0n) is 15.8. The number of methoxy groups -OCH3 is 2. The molecule has 7 nitrogen and oxygen atoms in total. The van der Waals surface area contributed by atoms with Gasteiger partial charge in [0, 0.05) is 31.3 Å². The van der Waals surface area contributed by atoms with E-state index in [4.69, 9.17) is 14.2 Å². The van der Waals surface area contributed by atoms with Crippen LogP contribution in [0.5, 0.6) is 11.5 Å². The van der Waals surface area contributed by atoms with E-state index in [1.807, 2.05) is 26.0 Å². The lowest BCUT2D eigenvalue weighted by molar-refractivity contribution is -0.0455. The van der Waals surface area contributed by atoms with E-state index in [-0.39, 0.29) is 18.2 Å². The monoisotopic (exact) mass is 384 g/mol. The Morgan fingerprint density at radius 1 is 1.12 bits per heavy atom. The highest BCUT2D eigenvalue weighted by molar-refractivity contribution is 7.86. The summed E-state index contributed by atoms with van der Waals surface area (Å²) < 4.78 is 46.2. The molecular formula is C18H28N2O5S. The number of morpholine rings is 1. The van der Waals surface area contributed by atoms with Crippen molar-refractivity contribution >= 4 is 10.2 Å². The van der Waals surface area contributed by atoms with Gasteiger partial charge in [-0.05, 0) is 32.8 Å². The molecular weight excluding hydrogens is 356 g/mol. The Labute approximate surface area is 156 Å². The van der Waals surface area contributed by atoms with Crippen LogP contribution in [0.15, 0.2) is 18.2 Å². The second-order valence-corrected chi connectivity index (χ2v) is 8.84. The number of hydrogen-bond acceptors (Lipinski definition) is 5. The molecule has 3 rings (SSSR count). The lowest BCUT2D eigenvalue weighted by Crippen LogP contribution is -2.52. The minimum atomic E-state index is -3.57. The lowest BCUT2D eigenvalue weighted by atomic mass is 10.0. The Bertz CT molecular complexity index is 729. The number of nitrogens with zero attached hydrogens (tertiary/aromatic N) is 2. The number of ether oxygens (including phenoxy) is 3. The average molecular weight is 384 g/mol. The molecule has 146 valence electrons. The molecule has 1 aromatic carbocycles. The number of hydrogen-bond donors (Lipinski definition) is 0. The molecule has 2 fully saturated rings. The quantitative estimate of drug-likeness (QED) is 0.778. The third kappa shape index (κ3) is 3.69. The van der Waals surface area contributed by atoms with Crippen LogP contribution in [0.25, 0.3) is 0 Å². The van der Waals surface area contributed by atoms with E-state index < -0.39 is 10.2 Å². The minimum absolute atomic E-state index is 0.106. The van der Waals surface area contributed by atoms with Gasteiger partial charge in [-0.25, -0.2) is 0 Å². The van der Waals surface area contributed by atoms with Gasteiger partial charge in [0.15, 0.2) is 0 Å². The highest BCUT2D eigenvalue weighted by Crippen LogP contribution is 2.41. The largest absolute Gasteiger partial charge is 0.497 e. The molecule has 26 heavy (non-hydrogen) atoms. The van der Waals surface area contributed by atoms with Crippen LogP contribution in [0.1, 0.15) is 38.3 Å². The van der Waals surface area contributed by atoms with Gasteiger partial charge in [0.05, 0.1) is 32.5 Å². The van der Waals surface area contributed by atoms with E-state index >= 15 is 0 Å². The van der Waals surface area contributed by atoms with Crippen molar-refractivity contribution in [1.29, 1.82) is 0 Å². The smallest absolute Gasteiger partial charge is 0.282 e. The topological polar surface area (TPSA) is 68.3 Å². The van der Waals surface area contributed by atoms with E-state index in [1.54, 1.807) is 28.9 Å². The number of benzene rings is 1. The van der Waals surface area contributed by atoms with Crippen molar-refractivity contribution in [3.8, 4) is 11.5 Å². The first kappa shape index (κ1) is 19.4. The van der Waals surface area contributed by atoms with Crippen LogP contribution in [-0.4, -0.2) is 63.1 Å². The Hall–Kier alpha value is -1.35. The van der Waals surface area contributed by atoms with Gasteiger partial charge < -0.3 is 14.2 Å². The van der Waals surface area contributed by atoms with E-state index in [9.17, 15) is 8.42 Å². The summed E-state index contributed by atoms with van der Waals surface area (Å²) >= 11 is 0. The van der Waals surface area contributed by atoms with Crippen LogP contribution in [-0.2, 0) is 14.9 Å². The van der Waals surface area contributed by atoms with Gasteiger partial charge in [0.25, 0.3) is 10.2 Å². The summed E-state index contributed by atoms with van der Waals surface area (Å²) in [5.41, 5.74) is 0.878. The van der Waals surface area contributed by atoms with Gasteiger partial charge in [0.1, 0.15) is 11.5 Å². The van der Waals surface area contributed by atoms with Crippen molar-refractivity contribution in [3.63, 3.8) is 0 Å². The fourth-order valence-corrected chi connectivity index (χ4v) is 5.88. The molecule has 8 heteroatoms. The zero-order chi connectivity index (χ0) is 18.9. The predicted octanol–water partition coefficient (Wildman–Crippen LogP) is 2.19. The Morgan fingerprint density at radius 2 is 1.81 bits per heavy atom. The van der Waals surface area contributed by atoms with Crippen LogP contribution in [0.4, 0.5) is 0 Å². The second kappa shape index (κ2) is 7.72. The van der Waals surface area contributed by atoms with Gasteiger partial charge in [-0.1, -0.05) is 6.07 Å². The minimum Gasteiger partial charge on any atom is -0.497 e. The maximum absolute atomic E-state index is 13.3. The zero-order valence-corrected chi connectivity index (χ0v) is 16.7. The summed E-state index contributed by atoms with van der Waals surface area (Å²) in [6.45, 7) is 5.10. The summed E-state index contributed by atoms with van der Waals surface area (Å²) in [6, 6.07) is 5.33. The second-order valence-electron chi connectivity index (χ2n) is 6.96. The van der Waals surface area contributed by atoms with Gasteiger partial charge in [-0.15, -0.1) is 0 Å². The summed E-state index contributed by atoms with van der Waals surface area (Å²) in [7, 11) is -0.372. The molecule has 0 spiro atoms. The third-order valence-corrected chi connectivity index (χ3v) is 6.99. The molecule has 0 saturated carbocycles. The Morgan fingerprint density at radius 3 is 2.42 bits per heavy atom. The fourth-order valence-electron chi connectivity index (χ4n) is 3.89. The van der Waals surface area contributed by atoms with Crippen molar-refractivity contribution < 1.29 is 22.6 Å². The standard InChI is InChI=1S/C18H28N2O5S/c1-13-11-19(12-14(2)25-13)26(21,22)20-9-5-6-17(20)16-8-7-15(23-3)10-18(16)24-4/h7-8,10,13-14,17H,5-6,9,11-12H2,1-4H3. The molecule has 2 heterocycles. The number of rotatable bonds is 5. The predicted molar refractivity (Wildman–Crippen MR) is 98.7 cm³/mol. The summed E-state index contributed by atoms with van der Waals surface area (Å²) in [5.74, 6) is 1.34. The first-order valence-corrected chi connectivity index (χ1v) is 10.4. The molecule has 2 saturated heterocycles. The molecule has 2 aliphatic rings. The van der Waals surface area contributed by atoms with E-state index in [1.165, 1.54) is 0 Å². The van der Waals surface area contributed by atoms with Gasteiger partial charge in [-0.2, -0.15) is 17.0 Å². The van der Waals surface area contributed by atoms with E-state index in [2.05, 4.69) is 0 Å². The summed E-state index contributed by atoms with van der Waals surface area (Å²) in [5, 5.41) is 0. The molecule has 0 amide bonds. The van der Waals surface area contributed by atoms with Gasteiger partial charge in [0.2, 0.25) is 0 Å². The summed E-state index contributed by atoms with van der Waals surface area (Å²) in [6.07, 6.45) is 1.39. The Kier molecular flexibility index (Phi) is 5.76. The Balaban J connectivity index is 1.90. The third-order valence-electron chi connectivity index (χ3n) is 5.01. The van der Waals surface area contributed by atoms with Crippen molar-refractivity contribution in [3.05, 3.63) is 23.8 Å². The molecule has 0 radical (unpaired) electrons. The van der Waals surface area contributed by atoms with Crippen LogP contribution in [0, 0.1) is 0 Å². The van der Waals surface area contributed by atoms with Crippen molar-refractivity contribution in [2.24, 2.45) is 0 Å². The van der Waals surface area contributed by atoms with Gasteiger partial charge in [-0.3, -0.25) is 0 Å². The summed E-state index contributed by atoms with van der Waals surface area (Å²) in [4.78, 5) is 0. The molecule has 3 unspecified atom stereocenters. The van der Waals surface area contributed by atoms with E-state index in [0.29, 0.717) is 31.1 Å². The molecule has 1 aromatic rings. The normalized spacial score (nSPS) is 28.2. The highest BCUT2D eigenvalue weighted by atomic mass is 32.2. The average Bonchev–Trinajstić information content (AvgIpc) is 3.10. The maximum Gasteiger partial charge on any atom is 0.282 e. The first-order chi connectivity index (χ1) is 12.4. The maximum atomic E-state index is 13.3. The lowest BCUT2D eigenvalue weighted by Gasteiger charge is -2.38. The fraction of sp³-hybridized carbons (Fsp3) is 0.667. The SMILES string of the molecule is COc1ccc(C2CCCN2S(=O)(=O)N2CC(C)OC(C)C2)c(OC)c1. The first-order valence-electron chi connectivity index (χ1n) is 9.01. The van der Waals surface area contributed by atoms with Crippen molar-refractivity contribution in [2.45, 2.75) is 44.9 Å². The molecule has 0 bridgehead atoms. The van der Waals surface area contributed by atoms with Crippen LogP contribution in [0.3, 0.4) is 0 Å². The molecule has 2 aliphatic heterocycles. The van der Waals surface area contributed by atoms with E-state index in [0.717, 1.165) is 18.4 Å². The molecule has 3 atom stereocenters. The van der Waals surface area contributed by atoms with Crippen LogP contribution < -0.4 is 9.47 Å². The highest BCUT2D eigenvalue weighted by Gasteiger charge is 2.42. The van der Waals surface area contributed by atoms with Gasteiger partial charge >= 0.3 is 0 Å². The molecule has 0 aliphatic carbocycles. The van der Waals surface area contributed by atoms with Crippen LogP contribution >= 0.6 is 0 Å². The van der Waals surface area contributed by atoms with Crippen LogP contribution in [0.2, 0.25) is 0 Å². The molecule has 0 N–H and O–H groups in total. The molecule has 0 aromatic heterocycles. The van der Waals surface area contributed by atoms with Crippen molar-refractivity contribution in [2.75, 3.05) is 33.9 Å². The van der Waals surface area contributed by atoms with Crippen molar-refractivity contribution in [1.82, 2.24) is 8.61 Å².